The molecule has 0 fully saturated rings. The van der Waals surface area contributed by atoms with Crippen LogP contribution in [-0.2, 0) is 24.3 Å². The highest BCUT2D eigenvalue weighted by molar-refractivity contribution is 6.13. The fourth-order valence-electron chi connectivity index (χ4n) is 2.07. The van der Waals surface area contributed by atoms with E-state index >= 15 is 0 Å². The number of hydrogen-bond acceptors (Lipinski definition) is 4. The van der Waals surface area contributed by atoms with Crippen LogP contribution in [0, 0.1) is 0 Å². The van der Waals surface area contributed by atoms with Gasteiger partial charge in [-0.25, -0.2) is 10.0 Å². The molecule has 0 bridgehead atoms. The first kappa shape index (κ1) is 14.1. The summed E-state index contributed by atoms with van der Waals surface area (Å²) in [5, 5.41) is 11.8. The maximum atomic E-state index is 11.8. The predicted molar refractivity (Wildman–Crippen MR) is 65.2 cm³/mol. The zero-order valence-corrected chi connectivity index (χ0v) is 10.7. The molecule has 2 aliphatic rings. The largest absolute Gasteiger partial charge is 0.275 e. The molecule has 0 aromatic carbocycles. The van der Waals surface area contributed by atoms with Gasteiger partial charge in [-0.15, -0.1) is 0 Å². The van der Waals surface area contributed by atoms with Gasteiger partial charge in [0.2, 0.25) is 0 Å². The minimum Gasteiger partial charge on any atom is -0.275 e. The van der Waals surface area contributed by atoms with Crippen LogP contribution in [0.15, 0.2) is 24.3 Å². The third kappa shape index (κ3) is 2.83. The summed E-state index contributed by atoms with van der Waals surface area (Å²) < 4.78 is 0. The molecular formula is C13H13N2O5. The van der Waals surface area contributed by atoms with Crippen molar-refractivity contribution < 1.29 is 24.3 Å². The number of imide groups is 2. The lowest BCUT2D eigenvalue weighted by molar-refractivity contribution is -0.152. The van der Waals surface area contributed by atoms with Crippen LogP contribution < -0.4 is 0 Å². The average Bonchev–Trinajstić information content (AvgIpc) is 2.90. The Labute approximate surface area is 115 Å². The normalized spacial score (nSPS) is 19.6. The van der Waals surface area contributed by atoms with Crippen LogP contribution in [0.5, 0.6) is 0 Å². The molecule has 4 amide bonds. The summed E-state index contributed by atoms with van der Waals surface area (Å²) in [4.78, 5) is 46.8. The summed E-state index contributed by atoms with van der Waals surface area (Å²) in [6, 6.07) is 0. The Kier molecular flexibility index (Phi) is 4.09. The number of nitrogens with zero attached hydrogens (tertiary/aromatic N) is 2. The molecule has 0 aromatic heterocycles. The van der Waals surface area contributed by atoms with Crippen molar-refractivity contribution in [3.05, 3.63) is 24.3 Å². The number of carbonyl (C=O) groups excluding carboxylic acids is 4. The van der Waals surface area contributed by atoms with Crippen molar-refractivity contribution in [3.8, 4) is 0 Å². The Hall–Kier alpha value is -2.28. The lowest BCUT2D eigenvalue weighted by Crippen LogP contribution is -2.39. The number of unbranched alkanes of at least 4 members (excludes halogenated alkanes) is 1. The van der Waals surface area contributed by atoms with E-state index < -0.39 is 18.0 Å². The Morgan fingerprint density at radius 1 is 0.800 bits per heavy atom. The van der Waals surface area contributed by atoms with Crippen molar-refractivity contribution in [1.82, 2.24) is 9.80 Å². The Balaban J connectivity index is 1.71. The van der Waals surface area contributed by atoms with Gasteiger partial charge in [-0.05, 0) is 19.3 Å². The van der Waals surface area contributed by atoms with E-state index in [0.29, 0.717) is 17.7 Å². The first-order valence-electron chi connectivity index (χ1n) is 6.25. The van der Waals surface area contributed by atoms with E-state index in [2.05, 4.69) is 0 Å². The lowest BCUT2D eigenvalue weighted by atomic mass is 10.2. The van der Waals surface area contributed by atoms with E-state index in [0.717, 1.165) is 17.1 Å². The quantitative estimate of drug-likeness (QED) is 0.494. The highest BCUT2D eigenvalue weighted by Gasteiger charge is 2.30. The minimum atomic E-state index is -1.42. The van der Waals surface area contributed by atoms with Crippen molar-refractivity contribution in [3.63, 3.8) is 0 Å². The number of amides is 4. The fourth-order valence-corrected chi connectivity index (χ4v) is 2.07. The summed E-state index contributed by atoms with van der Waals surface area (Å²) in [5.41, 5.74) is 0. The van der Waals surface area contributed by atoms with E-state index in [1.807, 2.05) is 0 Å². The molecular weight excluding hydrogens is 264 g/mol. The zero-order valence-electron chi connectivity index (χ0n) is 10.7. The summed E-state index contributed by atoms with van der Waals surface area (Å²) in [5.74, 6) is -1.90. The molecule has 7 heteroatoms. The highest BCUT2D eigenvalue weighted by Crippen LogP contribution is 2.14. The molecule has 0 aromatic rings. The molecule has 7 nitrogen and oxygen atoms in total. The van der Waals surface area contributed by atoms with Gasteiger partial charge in [0.05, 0.1) is 0 Å². The Morgan fingerprint density at radius 3 is 1.85 bits per heavy atom. The molecule has 0 aliphatic carbocycles. The van der Waals surface area contributed by atoms with Crippen LogP contribution in [-0.4, -0.2) is 46.2 Å². The van der Waals surface area contributed by atoms with Gasteiger partial charge in [0, 0.05) is 30.8 Å². The SMILES string of the molecule is [O]C(CCCCN1C(=O)C=CC1=O)N1C(=O)C=CC1=O. The average molecular weight is 277 g/mol. The van der Waals surface area contributed by atoms with Crippen LogP contribution >= 0.6 is 0 Å². The first-order chi connectivity index (χ1) is 9.50. The van der Waals surface area contributed by atoms with Crippen LogP contribution in [0.25, 0.3) is 0 Å². The highest BCUT2D eigenvalue weighted by atomic mass is 16.3. The van der Waals surface area contributed by atoms with Gasteiger partial charge in [0.15, 0.2) is 6.23 Å². The van der Waals surface area contributed by atoms with Gasteiger partial charge in [0.25, 0.3) is 23.6 Å². The van der Waals surface area contributed by atoms with Gasteiger partial charge < -0.3 is 0 Å². The number of carbonyl (C=O) groups is 4. The van der Waals surface area contributed by atoms with Crippen molar-refractivity contribution in [1.29, 1.82) is 0 Å². The van der Waals surface area contributed by atoms with Crippen molar-refractivity contribution >= 4 is 23.6 Å². The van der Waals surface area contributed by atoms with Gasteiger partial charge in [-0.1, -0.05) is 0 Å². The number of hydrogen-bond donors (Lipinski definition) is 0. The van der Waals surface area contributed by atoms with Crippen molar-refractivity contribution in [2.75, 3.05) is 6.54 Å². The molecule has 2 heterocycles. The van der Waals surface area contributed by atoms with Gasteiger partial charge in [-0.2, -0.15) is 0 Å². The van der Waals surface area contributed by atoms with Crippen LogP contribution in [0.3, 0.4) is 0 Å². The molecule has 1 atom stereocenters. The predicted octanol–water partition coefficient (Wildman–Crippen LogP) is -0.237. The van der Waals surface area contributed by atoms with Gasteiger partial charge in [0.1, 0.15) is 0 Å². The van der Waals surface area contributed by atoms with E-state index in [1.165, 1.54) is 12.2 Å². The first-order valence-corrected chi connectivity index (χ1v) is 6.25. The van der Waals surface area contributed by atoms with Crippen molar-refractivity contribution in [2.45, 2.75) is 25.5 Å². The second kappa shape index (κ2) is 5.79. The van der Waals surface area contributed by atoms with E-state index in [9.17, 15) is 24.3 Å². The smallest absolute Gasteiger partial charge is 0.255 e. The lowest BCUT2D eigenvalue weighted by Gasteiger charge is -2.19. The van der Waals surface area contributed by atoms with Crippen LogP contribution in [0.1, 0.15) is 19.3 Å². The third-order valence-electron chi connectivity index (χ3n) is 3.11. The van der Waals surface area contributed by atoms with E-state index in [4.69, 9.17) is 0 Å². The van der Waals surface area contributed by atoms with E-state index in [1.54, 1.807) is 0 Å². The maximum absolute atomic E-state index is 11.8. The molecule has 105 valence electrons. The van der Waals surface area contributed by atoms with Crippen molar-refractivity contribution in [2.24, 2.45) is 0 Å². The standard InChI is InChI=1S/C13H13N2O5/c16-9-4-5-10(17)14(9)8-2-1-3-11(18)15-12(19)6-7-13(15)20/h4-7,11H,1-3,8H2. The topological polar surface area (TPSA) is 94.7 Å². The summed E-state index contributed by atoms with van der Waals surface area (Å²) >= 11 is 0. The Bertz CT molecular complexity index is 487. The molecule has 2 rings (SSSR count). The fraction of sp³-hybridized carbons (Fsp3) is 0.385. The minimum absolute atomic E-state index is 0.100. The molecule has 0 saturated carbocycles. The van der Waals surface area contributed by atoms with Gasteiger partial charge in [-0.3, -0.25) is 24.1 Å². The monoisotopic (exact) mass is 277 g/mol. The molecule has 2 aliphatic heterocycles. The zero-order chi connectivity index (χ0) is 14.7. The molecule has 20 heavy (non-hydrogen) atoms. The third-order valence-corrected chi connectivity index (χ3v) is 3.11. The van der Waals surface area contributed by atoms with Crippen LogP contribution in [0.4, 0.5) is 0 Å². The Morgan fingerprint density at radius 2 is 1.30 bits per heavy atom. The molecule has 1 unspecified atom stereocenters. The molecule has 0 spiro atoms. The van der Waals surface area contributed by atoms with Crippen LogP contribution in [0.2, 0.25) is 0 Å². The summed E-state index contributed by atoms with van der Waals surface area (Å²) in [6.45, 7) is 0.234. The number of rotatable bonds is 6. The summed E-state index contributed by atoms with van der Waals surface area (Å²) in [7, 11) is 0. The molecule has 0 N–H and O–H groups in total. The molecule has 1 radical (unpaired) electrons. The second-order valence-corrected chi connectivity index (χ2v) is 4.49. The summed E-state index contributed by atoms with van der Waals surface area (Å²) in [6.07, 6.45) is 4.10. The second-order valence-electron chi connectivity index (χ2n) is 4.49. The maximum Gasteiger partial charge on any atom is 0.255 e. The van der Waals surface area contributed by atoms with Gasteiger partial charge >= 0.3 is 0 Å². The molecule has 0 saturated heterocycles. The van der Waals surface area contributed by atoms with E-state index in [-0.39, 0.29) is 24.8 Å².